The number of hydrogen-bond donors (Lipinski definition) is 1. The molecular weight excluding hydrogens is 282 g/mol. The maximum Gasteiger partial charge on any atom is 0.316 e. The van der Waals surface area contributed by atoms with Gasteiger partial charge in [0, 0.05) is 29.0 Å². The van der Waals surface area contributed by atoms with Crippen LogP contribution in [0, 0.1) is 0 Å². The summed E-state index contributed by atoms with van der Waals surface area (Å²) in [7, 11) is 0. The number of piperidine rings is 1. The van der Waals surface area contributed by atoms with Crippen molar-refractivity contribution in [1.82, 2.24) is 4.90 Å². The van der Waals surface area contributed by atoms with E-state index in [0.717, 1.165) is 0 Å². The molecule has 5 nitrogen and oxygen atoms in total. The van der Waals surface area contributed by atoms with Crippen LogP contribution in [0.15, 0.2) is 30.3 Å². The third-order valence-corrected chi connectivity index (χ3v) is 5.00. The summed E-state index contributed by atoms with van der Waals surface area (Å²) >= 11 is 0. The molecule has 4 rings (SSSR count). The molecule has 0 spiro atoms. The predicted molar refractivity (Wildman–Crippen MR) is 79.4 cm³/mol. The molecule has 5 heteroatoms. The molecule has 2 bridgehead atoms. The summed E-state index contributed by atoms with van der Waals surface area (Å²) in [5, 5.41) is 9.59. The van der Waals surface area contributed by atoms with Gasteiger partial charge >= 0.3 is 5.97 Å². The van der Waals surface area contributed by atoms with Crippen molar-refractivity contribution in [2.75, 3.05) is 13.6 Å². The first kappa shape index (κ1) is 11.2. The van der Waals surface area contributed by atoms with Crippen LogP contribution in [0.1, 0.15) is 28.4 Å². The number of morpholine rings is 1. The second-order valence-electron chi connectivity index (χ2n) is 6.28. The van der Waals surface area contributed by atoms with Gasteiger partial charge in [-0.3, -0.25) is 9.69 Å². The molecule has 3 heterocycles. The lowest BCUT2D eigenvalue weighted by Gasteiger charge is -2.38. The molecular formula is C17H21NO4. The number of carbonyl (C=O) groups is 1. The van der Waals surface area contributed by atoms with Crippen LogP contribution in [0.2, 0.25) is 0 Å². The van der Waals surface area contributed by atoms with Crippen molar-refractivity contribution in [2.45, 2.75) is 49.2 Å². The lowest BCUT2D eigenvalue weighted by atomic mass is 9.97. The second kappa shape index (κ2) is 5.33. The monoisotopic (exact) mass is 306 g/mol. The number of carbonyl (C=O) groups excluding carboxylic acids is 1. The number of likely N-dealkylation sites (N-methyl/N-ethyl adjacent to an activating group) is 1. The van der Waals surface area contributed by atoms with E-state index in [2.05, 4.69) is 0 Å². The first-order valence-electron chi connectivity index (χ1n) is 9.20. The zero-order valence-corrected chi connectivity index (χ0v) is 12.1. The molecule has 4 unspecified atom stereocenters. The van der Waals surface area contributed by atoms with Gasteiger partial charge in [0.05, 0.1) is 6.61 Å². The predicted octanol–water partition coefficient (Wildman–Crippen LogP) is 0.918. The minimum Gasteiger partial charge on any atom is -0.462 e. The number of aliphatic hydroxyl groups excluding tert-OH is 1. The third kappa shape index (κ3) is 2.24. The summed E-state index contributed by atoms with van der Waals surface area (Å²) in [6.07, 6.45) is 0.452. The van der Waals surface area contributed by atoms with Gasteiger partial charge in [-0.15, -0.1) is 0 Å². The van der Waals surface area contributed by atoms with Gasteiger partial charge in [0.15, 0.2) is 0 Å². The highest BCUT2D eigenvalue weighted by Crippen LogP contribution is 2.48. The lowest BCUT2D eigenvalue weighted by Crippen LogP contribution is -2.48. The van der Waals surface area contributed by atoms with E-state index < -0.39 is 18.9 Å². The Morgan fingerprint density at radius 3 is 2.68 bits per heavy atom. The number of ether oxygens (including phenoxy) is 2. The van der Waals surface area contributed by atoms with Crippen LogP contribution in [0.5, 0.6) is 0 Å². The average Bonchev–Trinajstić information content (AvgIpc) is 3.31. The van der Waals surface area contributed by atoms with Crippen molar-refractivity contribution >= 4 is 5.97 Å². The Morgan fingerprint density at radius 1 is 1.41 bits per heavy atom. The summed E-state index contributed by atoms with van der Waals surface area (Å²) in [5.74, 6) is -1.18. The fourth-order valence-corrected chi connectivity index (χ4v) is 3.79. The van der Waals surface area contributed by atoms with Crippen molar-refractivity contribution in [1.29, 1.82) is 0 Å². The zero-order chi connectivity index (χ0) is 17.8. The van der Waals surface area contributed by atoms with Crippen molar-refractivity contribution < 1.29 is 23.5 Å². The molecule has 0 saturated carbocycles. The molecule has 3 saturated heterocycles. The summed E-state index contributed by atoms with van der Waals surface area (Å²) in [6, 6.07) is 8.56. The van der Waals surface area contributed by atoms with E-state index in [-0.39, 0.29) is 37.0 Å². The Bertz CT molecular complexity index is 635. The van der Waals surface area contributed by atoms with Gasteiger partial charge in [0.1, 0.15) is 24.2 Å². The van der Waals surface area contributed by atoms with Gasteiger partial charge in [-0.05, 0) is 12.5 Å². The second-order valence-corrected chi connectivity index (χ2v) is 6.28. The van der Waals surface area contributed by atoms with Crippen molar-refractivity contribution in [3.8, 4) is 0 Å². The fourth-order valence-electron chi connectivity index (χ4n) is 3.79. The van der Waals surface area contributed by atoms with Gasteiger partial charge in [-0.25, -0.2) is 0 Å². The Hall–Kier alpha value is -1.43. The maximum atomic E-state index is 12.5. The number of hydrogen-bond acceptors (Lipinski definition) is 5. The first-order chi connectivity index (χ1) is 11.9. The number of nitrogens with zero attached hydrogens (tertiary/aromatic N) is 1. The van der Waals surface area contributed by atoms with Gasteiger partial charge in [0.25, 0.3) is 0 Å². The largest absolute Gasteiger partial charge is 0.462 e. The molecule has 3 aliphatic heterocycles. The molecule has 3 fully saturated rings. The summed E-state index contributed by atoms with van der Waals surface area (Å²) in [4.78, 5) is 14.1. The number of epoxide rings is 1. The number of benzene rings is 1. The SMILES string of the molecule is [2H]C([2H])([2H])N1C2CC(OC(=O)[C@H](CO)c3ccccc3)CC1C1OC12. The first-order valence-corrected chi connectivity index (χ1v) is 7.70. The molecule has 22 heavy (non-hydrogen) atoms. The topological polar surface area (TPSA) is 62.3 Å². The molecule has 0 radical (unpaired) electrons. The van der Waals surface area contributed by atoms with E-state index in [4.69, 9.17) is 13.6 Å². The molecule has 5 atom stereocenters. The number of aliphatic hydroxyl groups is 1. The van der Waals surface area contributed by atoms with E-state index in [0.29, 0.717) is 18.4 Å². The Balaban J connectivity index is 1.44. The smallest absolute Gasteiger partial charge is 0.316 e. The van der Waals surface area contributed by atoms with E-state index in [1.807, 2.05) is 18.2 Å². The van der Waals surface area contributed by atoms with Crippen LogP contribution in [-0.2, 0) is 14.3 Å². The molecule has 1 aromatic rings. The number of fused-ring (bicyclic) bond motifs is 5. The fraction of sp³-hybridized carbons (Fsp3) is 0.588. The van der Waals surface area contributed by atoms with Crippen molar-refractivity contribution in [3.05, 3.63) is 35.9 Å². The summed E-state index contributed by atoms with van der Waals surface area (Å²) in [5.41, 5.74) is 0.712. The van der Waals surface area contributed by atoms with Crippen molar-refractivity contribution in [2.24, 2.45) is 0 Å². The quantitative estimate of drug-likeness (QED) is 0.662. The van der Waals surface area contributed by atoms with Crippen LogP contribution >= 0.6 is 0 Å². The van der Waals surface area contributed by atoms with E-state index in [1.165, 1.54) is 0 Å². The van der Waals surface area contributed by atoms with E-state index >= 15 is 0 Å². The minimum absolute atomic E-state index is 0.0584. The summed E-state index contributed by atoms with van der Waals surface area (Å²) < 4.78 is 34.4. The molecule has 3 aliphatic rings. The molecule has 0 aliphatic carbocycles. The van der Waals surface area contributed by atoms with E-state index in [1.54, 1.807) is 17.0 Å². The van der Waals surface area contributed by atoms with E-state index in [9.17, 15) is 9.90 Å². The lowest BCUT2D eigenvalue weighted by molar-refractivity contribution is -0.156. The van der Waals surface area contributed by atoms with Crippen LogP contribution in [0.4, 0.5) is 0 Å². The zero-order valence-electron chi connectivity index (χ0n) is 15.1. The Morgan fingerprint density at radius 2 is 2.09 bits per heavy atom. The number of rotatable bonds is 4. The minimum atomic E-state index is -2.15. The third-order valence-electron chi connectivity index (χ3n) is 5.00. The Labute approximate surface area is 134 Å². The Kier molecular flexibility index (Phi) is 2.71. The molecule has 0 aromatic heterocycles. The van der Waals surface area contributed by atoms with Crippen LogP contribution in [-0.4, -0.2) is 60.0 Å². The van der Waals surface area contributed by atoms with Crippen LogP contribution < -0.4 is 0 Å². The average molecular weight is 306 g/mol. The van der Waals surface area contributed by atoms with Gasteiger partial charge in [-0.1, -0.05) is 30.3 Å². The normalized spacial score (nSPS) is 40.0. The van der Waals surface area contributed by atoms with Crippen LogP contribution in [0.3, 0.4) is 0 Å². The van der Waals surface area contributed by atoms with Gasteiger partial charge < -0.3 is 14.6 Å². The molecule has 1 N–H and O–H groups in total. The standard InChI is InChI=1S/C17H21NO4/c1-18-13-7-11(8-14(18)16-15(13)22-16)21-17(20)12(9-19)10-5-3-2-4-6-10/h2-6,11-16,19H,7-9H2,1H3/t11?,12-,13?,14?,15?,16?/m1/s1/i1D3. The highest BCUT2D eigenvalue weighted by Gasteiger charge is 2.62. The van der Waals surface area contributed by atoms with Crippen molar-refractivity contribution in [3.63, 3.8) is 0 Å². The number of esters is 1. The molecule has 1 aromatic carbocycles. The van der Waals surface area contributed by atoms with Gasteiger partial charge in [-0.2, -0.15) is 0 Å². The maximum absolute atomic E-state index is 12.5. The summed E-state index contributed by atoms with van der Waals surface area (Å²) in [6.45, 7) is -2.48. The molecule has 118 valence electrons. The highest BCUT2D eigenvalue weighted by atomic mass is 16.6. The molecule has 0 amide bonds. The van der Waals surface area contributed by atoms with Crippen LogP contribution in [0.25, 0.3) is 0 Å². The van der Waals surface area contributed by atoms with Gasteiger partial charge in [0.2, 0.25) is 0 Å². The highest BCUT2D eigenvalue weighted by molar-refractivity contribution is 5.78.